The number of aromatic amines is 1. The van der Waals surface area contributed by atoms with Gasteiger partial charge in [0.1, 0.15) is 11.5 Å². The minimum atomic E-state index is 0.565. The Balaban J connectivity index is 2.86. The molecule has 0 aliphatic rings. The number of carbonyl (C=O) groups excluding carboxylic acids is 1. The highest BCUT2D eigenvalue weighted by molar-refractivity contribution is 9.10. The first kappa shape index (κ1) is 8.37. The molecule has 0 fully saturated rings. The first-order valence-electron chi connectivity index (χ1n) is 3.68. The number of H-pyrrole nitrogens is 1. The molecule has 2 aromatic rings. The monoisotopic (exact) mass is 239 g/mol. The van der Waals surface area contributed by atoms with E-state index in [-0.39, 0.29) is 0 Å². The van der Waals surface area contributed by atoms with Crippen LogP contribution in [-0.2, 0) is 0 Å². The largest absolute Gasteiger partial charge is 0.333 e. The number of halogens is 1. The lowest BCUT2D eigenvalue weighted by molar-refractivity contribution is 0.112. The lowest BCUT2D eigenvalue weighted by Gasteiger charge is -1.90. The second-order valence-corrected chi connectivity index (χ2v) is 3.44. The molecule has 0 aliphatic carbocycles. The zero-order valence-electron chi connectivity index (χ0n) is 6.84. The molecule has 2 rings (SSSR count). The average Bonchev–Trinajstić information content (AvgIpc) is 2.39. The van der Waals surface area contributed by atoms with Gasteiger partial charge in [-0.05, 0) is 22.9 Å². The Kier molecular flexibility index (Phi) is 1.88. The maximum absolute atomic E-state index is 10.7. The molecule has 0 amide bonds. The highest BCUT2D eigenvalue weighted by Crippen LogP contribution is 2.22. The molecule has 4 nitrogen and oxygen atoms in total. The minimum absolute atomic E-state index is 0.565. The van der Waals surface area contributed by atoms with E-state index in [2.05, 4.69) is 30.9 Å². The normalized spacial score (nSPS) is 10.6. The van der Waals surface area contributed by atoms with Crippen molar-refractivity contribution >= 4 is 33.2 Å². The first-order chi connectivity index (χ1) is 6.22. The fourth-order valence-electron chi connectivity index (χ4n) is 1.17. The van der Waals surface area contributed by atoms with E-state index in [4.69, 9.17) is 0 Å². The molecule has 2 aromatic heterocycles. The molecule has 0 atom stereocenters. The molecule has 13 heavy (non-hydrogen) atoms. The fourth-order valence-corrected chi connectivity index (χ4v) is 1.66. The number of nitrogens with zero attached hydrogens (tertiary/aromatic N) is 2. The molecule has 1 N–H and O–H groups in total. The van der Waals surface area contributed by atoms with Crippen molar-refractivity contribution in [2.45, 2.75) is 6.92 Å². The van der Waals surface area contributed by atoms with E-state index in [0.717, 1.165) is 11.7 Å². The van der Waals surface area contributed by atoms with Gasteiger partial charge in [0, 0.05) is 11.6 Å². The van der Waals surface area contributed by atoms with E-state index in [9.17, 15) is 4.79 Å². The summed E-state index contributed by atoms with van der Waals surface area (Å²) >= 11 is 3.24. The second kappa shape index (κ2) is 2.92. The van der Waals surface area contributed by atoms with Gasteiger partial charge >= 0.3 is 0 Å². The first-order valence-corrected chi connectivity index (χ1v) is 4.47. The molecule has 0 unspecified atom stereocenters. The van der Waals surface area contributed by atoms with Crippen molar-refractivity contribution in [1.82, 2.24) is 15.0 Å². The summed E-state index contributed by atoms with van der Waals surface area (Å²) in [5.74, 6) is 0.679. The number of rotatable bonds is 1. The number of hydrogen-bond acceptors (Lipinski definition) is 3. The van der Waals surface area contributed by atoms with Crippen molar-refractivity contribution in [2.24, 2.45) is 0 Å². The maximum atomic E-state index is 10.7. The van der Waals surface area contributed by atoms with Crippen LogP contribution in [0.3, 0.4) is 0 Å². The number of aryl methyl sites for hydroxylation is 1. The smallest absolute Gasteiger partial charge is 0.153 e. The number of carbonyl (C=O) groups is 1. The molecule has 0 aromatic carbocycles. The highest BCUT2D eigenvalue weighted by atomic mass is 79.9. The van der Waals surface area contributed by atoms with E-state index < -0.39 is 0 Å². The zero-order chi connectivity index (χ0) is 9.42. The number of aldehydes is 1. The van der Waals surface area contributed by atoms with E-state index >= 15 is 0 Å². The lowest BCUT2D eigenvalue weighted by atomic mass is 10.3. The molecule has 0 spiro atoms. The molecule has 0 aliphatic heterocycles. The van der Waals surface area contributed by atoms with Crippen molar-refractivity contribution < 1.29 is 4.79 Å². The average molecular weight is 240 g/mol. The van der Waals surface area contributed by atoms with Gasteiger partial charge < -0.3 is 4.98 Å². The highest BCUT2D eigenvalue weighted by Gasteiger charge is 2.09. The fraction of sp³-hybridized carbons (Fsp3) is 0.125. The van der Waals surface area contributed by atoms with Gasteiger partial charge in [0.05, 0.1) is 10.2 Å². The summed E-state index contributed by atoms with van der Waals surface area (Å²) in [4.78, 5) is 21.8. The third kappa shape index (κ3) is 1.25. The Morgan fingerprint density at radius 3 is 3.08 bits per heavy atom. The van der Waals surface area contributed by atoms with Crippen LogP contribution in [0.15, 0.2) is 10.8 Å². The summed E-state index contributed by atoms with van der Waals surface area (Å²) in [5, 5.41) is 0.743. The number of fused-ring (bicyclic) bond motifs is 1. The van der Waals surface area contributed by atoms with Gasteiger partial charge in [-0.1, -0.05) is 0 Å². The van der Waals surface area contributed by atoms with Crippen LogP contribution in [0.1, 0.15) is 16.2 Å². The van der Waals surface area contributed by atoms with Gasteiger partial charge in [-0.15, -0.1) is 0 Å². The Bertz CT molecular complexity index is 477. The van der Waals surface area contributed by atoms with Crippen LogP contribution in [0.25, 0.3) is 11.0 Å². The van der Waals surface area contributed by atoms with Gasteiger partial charge in [-0.3, -0.25) is 4.79 Å². The van der Waals surface area contributed by atoms with Crippen LogP contribution < -0.4 is 0 Å². The predicted octanol–water partition coefficient (Wildman–Crippen LogP) is 1.84. The standard InChI is InChI=1S/C8H6BrN3O/c1-4-10-2-5-6(3-13)7(9)12-8(5)11-4/h2-3H,1H3,(H,10,11,12). The van der Waals surface area contributed by atoms with E-state index in [1.165, 1.54) is 0 Å². The molecule has 0 saturated carbocycles. The van der Waals surface area contributed by atoms with E-state index in [0.29, 0.717) is 21.6 Å². The van der Waals surface area contributed by atoms with Crippen molar-refractivity contribution in [3.63, 3.8) is 0 Å². The Labute approximate surface area is 82.5 Å². The van der Waals surface area contributed by atoms with E-state index in [1.54, 1.807) is 13.1 Å². The van der Waals surface area contributed by atoms with Gasteiger partial charge in [-0.2, -0.15) is 0 Å². The molecule has 2 heterocycles. The molecule has 66 valence electrons. The topological polar surface area (TPSA) is 58.6 Å². The summed E-state index contributed by atoms with van der Waals surface area (Å²) < 4.78 is 0.650. The van der Waals surface area contributed by atoms with Crippen LogP contribution in [0.5, 0.6) is 0 Å². The van der Waals surface area contributed by atoms with Gasteiger partial charge in [0.15, 0.2) is 6.29 Å². The van der Waals surface area contributed by atoms with Crippen LogP contribution in [-0.4, -0.2) is 21.2 Å². The van der Waals surface area contributed by atoms with Gasteiger partial charge in [0.2, 0.25) is 0 Å². The van der Waals surface area contributed by atoms with Crippen molar-refractivity contribution in [1.29, 1.82) is 0 Å². The summed E-state index contributed by atoms with van der Waals surface area (Å²) in [7, 11) is 0. The van der Waals surface area contributed by atoms with Crippen LogP contribution >= 0.6 is 15.9 Å². The van der Waals surface area contributed by atoms with Gasteiger partial charge in [-0.25, -0.2) is 9.97 Å². The second-order valence-electron chi connectivity index (χ2n) is 2.65. The van der Waals surface area contributed by atoms with Crippen LogP contribution in [0.2, 0.25) is 0 Å². The number of aromatic nitrogens is 3. The lowest BCUT2D eigenvalue weighted by Crippen LogP contribution is -1.86. The number of nitrogens with one attached hydrogen (secondary N) is 1. The third-order valence-electron chi connectivity index (χ3n) is 1.78. The van der Waals surface area contributed by atoms with Crippen molar-refractivity contribution in [3.8, 4) is 0 Å². The van der Waals surface area contributed by atoms with Gasteiger partial charge in [0.25, 0.3) is 0 Å². The molecular weight excluding hydrogens is 234 g/mol. The van der Waals surface area contributed by atoms with Crippen molar-refractivity contribution in [2.75, 3.05) is 0 Å². The summed E-state index contributed by atoms with van der Waals surface area (Å²) in [6, 6.07) is 0. The predicted molar refractivity (Wildman–Crippen MR) is 51.7 cm³/mol. The molecule has 0 bridgehead atoms. The van der Waals surface area contributed by atoms with Crippen LogP contribution in [0, 0.1) is 6.92 Å². The third-order valence-corrected chi connectivity index (χ3v) is 2.41. The minimum Gasteiger partial charge on any atom is -0.333 e. The molecule has 0 radical (unpaired) electrons. The van der Waals surface area contributed by atoms with Crippen LogP contribution in [0.4, 0.5) is 0 Å². The molecular formula is C8H6BrN3O. The zero-order valence-corrected chi connectivity index (χ0v) is 8.42. The summed E-state index contributed by atoms with van der Waals surface area (Å²) in [6.07, 6.45) is 2.42. The summed E-state index contributed by atoms with van der Waals surface area (Å²) in [6.45, 7) is 1.80. The Morgan fingerprint density at radius 2 is 2.38 bits per heavy atom. The molecule has 0 saturated heterocycles. The number of hydrogen-bond donors (Lipinski definition) is 1. The SMILES string of the molecule is Cc1ncc2c(C=O)c(Br)[nH]c2n1. The van der Waals surface area contributed by atoms with E-state index in [1.807, 2.05) is 0 Å². The maximum Gasteiger partial charge on any atom is 0.153 e. The Morgan fingerprint density at radius 1 is 1.62 bits per heavy atom. The quantitative estimate of drug-likeness (QED) is 0.773. The Hall–Kier alpha value is -1.23. The summed E-state index contributed by atoms with van der Waals surface area (Å²) in [5.41, 5.74) is 1.25. The van der Waals surface area contributed by atoms with Crippen molar-refractivity contribution in [3.05, 3.63) is 22.2 Å². The molecule has 5 heteroatoms.